The van der Waals surface area contributed by atoms with Crippen molar-refractivity contribution in [2.24, 2.45) is 0 Å². The van der Waals surface area contributed by atoms with Crippen LogP contribution in [0.4, 0.5) is 19.0 Å². The number of nitriles is 2. The molecule has 0 saturated carbocycles. The summed E-state index contributed by atoms with van der Waals surface area (Å²) >= 11 is 0. The first kappa shape index (κ1) is 21.6. The third kappa shape index (κ3) is 4.91. The van der Waals surface area contributed by atoms with E-state index in [0.29, 0.717) is 0 Å². The molecule has 0 amide bonds. The van der Waals surface area contributed by atoms with E-state index in [2.05, 4.69) is 9.71 Å². The van der Waals surface area contributed by atoms with Crippen molar-refractivity contribution in [2.75, 3.05) is 4.72 Å². The first-order valence-electron chi connectivity index (χ1n) is 8.42. The molecule has 0 atom stereocenters. The Morgan fingerprint density at radius 3 is 2.35 bits per heavy atom. The molecule has 11 heteroatoms. The van der Waals surface area contributed by atoms with Gasteiger partial charge < -0.3 is 4.74 Å². The van der Waals surface area contributed by atoms with Crippen molar-refractivity contribution in [3.8, 4) is 23.6 Å². The Labute approximate surface area is 175 Å². The maximum Gasteiger partial charge on any atom is 0.265 e. The standard InChI is InChI=1S/C20H11F3N4O3S/c21-14-1-6-19(26-11-14)27-31(28,29)16-3-5-18(13(8-16)10-25)30-15-2-4-17(20(22)23)12(7-15)9-24/h1-8,11,20H,(H,26,27). The lowest BCUT2D eigenvalue weighted by atomic mass is 10.1. The topological polar surface area (TPSA) is 116 Å². The van der Waals surface area contributed by atoms with E-state index in [1.165, 1.54) is 12.1 Å². The molecule has 0 bridgehead atoms. The van der Waals surface area contributed by atoms with E-state index < -0.39 is 27.8 Å². The van der Waals surface area contributed by atoms with Crippen LogP contribution < -0.4 is 9.46 Å². The van der Waals surface area contributed by atoms with Gasteiger partial charge in [-0.1, -0.05) is 0 Å². The highest BCUT2D eigenvalue weighted by Gasteiger charge is 2.19. The van der Waals surface area contributed by atoms with Gasteiger partial charge in [-0.3, -0.25) is 4.72 Å². The second-order valence-corrected chi connectivity index (χ2v) is 7.68. The zero-order valence-corrected chi connectivity index (χ0v) is 16.2. The molecule has 7 nitrogen and oxygen atoms in total. The van der Waals surface area contributed by atoms with Crippen LogP contribution in [0.3, 0.4) is 0 Å². The van der Waals surface area contributed by atoms with Gasteiger partial charge >= 0.3 is 0 Å². The predicted octanol–water partition coefficient (Wildman–Crippen LogP) is 4.49. The number of benzene rings is 2. The molecule has 1 aromatic heterocycles. The Morgan fingerprint density at radius 2 is 1.74 bits per heavy atom. The van der Waals surface area contributed by atoms with Gasteiger partial charge in [-0.2, -0.15) is 10.5 Å². The molecular formula is C20H11F3N4O3S. The minimum Gasteiger partial charge on any atom is -0.456 e. The van der Waals surface area contributed by atoms with Crippen LogP contribution >= 0.6 is 0 Å². The fraction of sp³-hybridized carbons (Fsp3) is 0.0500. The monoisotopic (exact) mass is 444 g/mol. The Morgan fingerprint density at radius 1 is 1.00 bits per heavy atom. The molecule has 0 unspecified atom stereocenters. The molecule has 31 heavy (non-hydrogen) atoms. The van der Waals surface area contributed by atoms with Gasteiger partial charge in [0.05, 0.1) is 28.3 Å². The van der Waals surface area contributed by atoms with E-state index in [1.54, 1.807) is 12.1 Å². The lowest BCUT2D eigenvalue weighted by Gasteiger charge is -2.12. The maximum absolute atomic E-state index is 12.9. The number of alkyl halides is 2. The number of ether oxygens (including phenoxy) is 1. The van der Waals surface area contributed by atoms with Crippen LogP contribution in [0.2, 0.25) is 0 Å². The highest BCUT2D eigenvalue weighted by atomic mass is 32.2. The Kier molecular flexibility index (Phi) is 6.09. The van der Waals surface area contributed by atoms with Gasteiger partial charge in [-0.15, -0.1) is 0 Å². The van der Waals surface area contributed by atoms with Crippen LogP contribution in [0.5, 0.6) is 11.5 Å². The van der Waals surface area contributed by atoms with Gasteiger partial charge in [0.15, 0.2) is 0 Å². The second-order valence-electron chi connectivity index (χ2n) is 6.00. The number of sulfonamides is 1. The average molecular weight is 444 g/mol. The Balaban J connectivity index is 1.89. The number of anilines is 1. The molecule has 3 aromatic rings. The van der Waals surface area contributed by atoms with E-state index in [1.807, 2.05) is 0 Å². The van der Waals surface area contributed by atoms with Crippen molar-refractivity contribution < 1.29 is 26.3 Å². The van der Waals surface area contributed by atoms with Crippen LogP contribution in [0.25, 0.3) is 0 Å². The van der Waals surface area contributed by atoms with Crippen molar-refractivity contribution in [3.05, 3.63) is 77.2 Å². The van der Waals surface area contributed by atoms with Gasteiger partial charge in [0.25, 0.3) is 16.4 Å². The molecule has 0 saturated heterocycles. The zero-order valence-electron chi connectivity index (χ0n) is 15.4. The largest absolute Gasteiger partial charge is 0.456 e. The maximum atomic E-state index is 12.9. The quantitative estimate of drug-likeness (QED) is 0.599. The minimum absolute atomic E-state index is 0.0155. The summed E-state index contributed by atoms with van der Waals surface area (Å²) in [5.74, 6) is -0.794. The van der Waals surface area contributed by atoms with Crippen LogP contribution in [0, 0.1) is 28.5 Å². The van der Waals surface area contributed by atoms with Gasteiger partial charge in [0.1, 0.15) is 29.2 Å². The molecule has 0 radical (unpaired) electrons. The van der Waals surface area contributed by atoms with Crippen molar-refractivity contribution in [3.63, 3.8) is 0 Å². The molecule has 156 valence electrons. The van der Waals surface area contributed by atoms with Crippen molar-refractivity contribution >= 4 is 15.8 Å². The van der Waals surface area contributed by atoms with Crippen molar-refractivity contribution in [1.29, 1.82) is 10.5 Å². The summed E-state index contributed by atoms with van der Waals surface area (Å²) in [6, 6.07) is 12.3. The molecule has 0 fully saturated rings. The zero-order chi connectivity index (χ0) is 22.6. The number of hydrogen-bond donors (Lipinski definition) is 1. The summed E-state index contributed by atoms with van der Waals surface area (Å²) in [7, 11) is -4.14. The molecule has 3 rings (SSSR count). The number of hydrogen-bond acceptors (Lipinski definition) is 6. The lowest BCUT2D eigenvalue weighted by molar-refractivity contribution is 0.151. The van der Waals surface area contributed by atoms with Gasteiger partial charge in [0, 0.05) is 5.56 Å². The van der Waals surface area contributed by atoms with Crippen LogP contribution in [0.1, 0.15) is 23.1 Å². The smallest absolute Gasteiger partial charge is 0.265 e. The van der Waals surface area contributed by atoms with Crippen molar-refractivity contribution in [2.45, 2.75) is 11.3 Å². The summed E-state index contributed by atoms with van der Waals surface area (Å²) in [6.45, 7) is 0. The third-order valence-electron chi connectivity index (χ3n) is 3.96. The first-order valence-corrected chi connectivity index (χ1v) is 9.90. The summed E-state index contributed by atoms with van der Waals surface area (Å²) in [5, 5.41) is 18.4. The fourth-order valence-electron chi connectivity index (χ4n) is 2.50. The molecule has 0 aliphatic rings. The third-order valence-corrected chi connectivity index (χ3v) is 5.31. The van der Waals surface area contributed by atoms with Crippen LogP contribution in [0.15, 0.2) is 59.6 Å². The molecule has 0 spiro atoms. The van der Waals surface area contributed by atoms with E-state index >= 15 is 0 Å². The number of nitrogens with zero attached hydrogens (tertiary/aromatic N) is 3. The van der Waals surface area contributed by atoms with Gasteiger partial charge in [0.2, 0.25) is 0 Å². The SMILES string of the molecule is N#Cc1cc(S(=O)(=O)Nc2ccc(F)cn2)ccc1Oc1ccc(C(F)F)c(C#N)c1. The van der Waals surface area contributed by atoms with Crippen LogP contribution in [-0.4, -0.2) is 13.4 Å². The van der Waals surface area contributed by atoms with Crippen LogP contribution in [-0.2, 0) is 10.0 Å². The van der Waals surface area contributed by atoms with E-state index in [9.17, 15) is 26.9 Å². The Bertz CT molecular complexity index is 1310. The summed E-state index contributed by atoms with van der Waals surface area (Å²) in [4.78, 5) is 3.32. The number of rotatable bonds is 6. The highest BCUT2D eigenvalue weighted by molar-refractivity contribution is 7.92. The lowest BCUT2D eigenvalue weighted by Crippen LogP contribution is -2.14. The summed E-state index contributed by atoms with van der Waals surface area (Å²) < 4.78 is 71.4. The predicted molar refractivity (Wildman–Crippen MR) is 102 cm³/mol. The summed E-state index contributed by atoms with van der Waals surface area (Å²) in [6.07, 6.45) is -2.00. The fourth-order valence-corrected chi connectivity index (χ4v) is 3.53. The second kappa shape index (κ2) is 8.73. The molecular weight excluding hydrogens is 433 g/mol. The molecule has 0 aliphatic heterocycles. The van der Waals surface area contributed by atoms with Gasteiger partial charge in [-0.25, -0.2) is 26.6 Å². The molecule has 1 heterocycles. The summed E-state index contributed by atoms with van der Waals surface area (Å²) in [5.41, 5.74) is -0.912. The first-order chi connectivity index (χ1) is 14.7. The van der Waals surface area contributed by atoms with E-state index in [0.717, 1.165) is 42.6 Å². The van der Waals surface area contributed by atoms with Gasteiger partial charge in [-0.05, 0) is 48.5 Å². The molecule has 0 aliphatic carbocycles. The average Bonchev–Trinajstić information content (AvgIpc) is 2.75. The number of halogens is 3. The van der Waals surface area contributed by atoms with Crippen molar-refractivity contribution in [1.82, 2.24) is 4.98 Å². The molecule has 2 aromatic carbocycles. The minimum atomic E-state index is -4.14. The highest BCUT2D eigenvalue weighted by Crippen LogP contribution is 2.31. The number of nitrogens with one attached hydrogen (secondary N) is 1. The number of aromatic nitrogens is 1. The number of pyridine rings is 1. The Hall–Kier alpha value is -4.09. The molecule has 1 N–H and O–H groups in total. The van der Waals surface area contributed by atoms with E-state index in [4.69, 9.17) is 10.00 Å². The normalized spacial score (nSPS) is 10.9. The van der Waals surface area contributed by atoms with E-state index in [-0.39, 0.29) is 33.3 Å².